The van der Waals surface area contributed by atoms with Gasteiger partial charge in [0.15, 0.2) is 5.65 Å². The van der Waals surface area contributed by atoms with Crippen molar-refractivity contribution in [2.75, 3.05) is 5.32 Å². The van der Waals surface area contributed by atoms with E-state index in [9.17, 15) is 5.11 Å². The second-order valence-corrected chi connectivity index (χ2v) is 3.91. The lowest BCUT2D eigenvalue weighted by molar-refractivity contribution is 0.111. The van der Waals surface area contributed by atoms with Crippen molar-refractivity contribution in [2.45, 2.75) is 19.6 Å². The van der Waals surface area contributed by atoms with Gasteiger partial charge in [0.2, 0.25) is 0 Å². The monoisotopic (exact) mass is 207 g/mol. The molecule has 80 valence electrons. The second-order valence-electron chi connectivity index (χ2n) is 3.91. The minimum atomic E-state index is -1.02. The zero-order valence-electron chi connectivity index (χ0n) is 8.89. The van der Waals surface area contributed by atoms with Crippen LogP contribution in [0.4, 0.5) is 5.82 Å². The molecule has 0 aliphatic heterocycles. The first-order valence-corrected chi connectivity index (χ1v) is 4.60. The highest BCUT2D eigenvalue weighted by Crippen LogP contribution is 2.20. The third kappa shape index (κ3) is 1.89. The summed E-state index contributed by atoms with van der Waals surface area (Å²) in [5, 5.41) is 17.4. The van der Waals surface area contributed by atoms with Crippen LogP contribution in [0.5, 0.6) is 0 Å². The Labute approximate surface area is 87.0 Å². The fraction of sp³-hybridized carbons (Fsp3) is 0.444. The van der Waals surface area contributed by atoms with Crippen LogP contribution >= 0.6 is 0 Å². The molecule has 2 heterocycles. The molecule has 2 aromatic heterocycles. The Hall–Kier alpha value is -1.69. The third-order valence-corrected chi connectivity index (χ3v) is 1.95. The summed E-state index contributed by atoms with van der Waals surface area (Å²) in [6.07, 6.45) is 3.11. The van der Waals surface area contributed by atoms with Gasteiger partial charge in [-0.1, -0.05) is 0 Å². The van der Waals surface area contributed by atoms with E-state index in [1.54, 1.807) is 24.7 Å². The molecule has 2 rings (SSSR count). The van der Waals surface area contributed by atoms with Crippen LogP contribution in [0.15, 0.2) is 12.5 Å². The van der Waals surface area contributed by atoms with E-state index >= 15 is 0 Å². The minimum absolute atomic E-state index is 0.584. The maximum absolute atomic E-state index is 9.64. The molecule has 6 nitrogen and oxygen atoms in total. The zero-order chi connectivity index (χ0) is 11.1. The molecule has 0 unspecified atom stereocenters. The highest BCUT2D eigenvalue weighted by Gasteiger charge is 2.15. The number of rotatable bonds is 2. The predicted octanol–water partition coefficient (Wildman–Crippen LogP) is 0.504. The Balaban J connectivity index is 2.52. The Morgan fingerprint density at radius 3 is 2.80 bits per heavy atom. The van der Waals surface area contributed by atoms with Crippen molar-refractivity contribution in [3.05, 3.63) is 12.5 Å². The number of hydrogen-bond donors (Lipinski definition) is 2. The van der Waals surface area contributed by atoms with Gasteiger partial charge in [0, 0.05) is 7.05 Å². The van der Waals surface area contributed by atoms with Gasteiger partial charge >= 0.3 is 0 Å². The first-order chi connectivity index (χ1) is 6.97. The second kappa shape index (κ2) is 3.16. The number of aromatic nitrogens is 4. The van der Waals surface area contributed by atoms with Gasteiger partial charge in [-0.2, -0.15) is 5.10 Å². The molecular weight excluding hydrogens is 194 g/mol. The molecule has 0 spiro atoms. The van der Waals surface area contributed by atoms with Crippen LogP contribution in [0, 0.1) is 0 Å². The summed E-state index contributed by atoms with van der Waals surface area (Å²) in [7, 11) is 1.81. The smallest absolute Gasteiger partial charge is 0.163 e. The van der Waals surface area contributed by atoms with E-state index in [-0.39, 0.29) is 0 Å². The Morgan fingerprint density at radius 2 is 2.13 bits per heavy atom. The van der Waals surface area contributed by atoms with Crippen molar-refractivity contribution >= 4 is 16.9 Å². The number of nitrogens with one attached hydrogen (secondary N) is 1. The Bertz CT molecular complexity index is 485. The van der Waals surface area contributed by atoms with Crippen molar-refractivity contribution in [3.63, 3.8) is 0 Å². The Morgan fingerprint density at radius 1 is 1.40 bits per heavy atom. The van der Waals surface area contributed by atoms with Crippen LogP contribution in [-0.4, -0.2) is 30.6 Å². The van der Waals surface area contributed by atoms with Gasteiger partial charge in [-0.25, -0.2) is 9.97 Å². The molecule has 0 amide bonds. The third-order valence-electron chi connectivity index (χ3n) is 1.95. The number of anilines is 1. The fourth-order valence-electron chi connectivity index (χ4n) is 1.35. The Kier molecular flexibility index (Phi) is 2.08. The van der Waals surface area contributed by atoms with Gasteiger partial charge in [-0.3, -0.25) is 4.68 Å². The molecule has 0 aliphatic rings. The first kappa shape index (κ1) is 9.85. The van der Waals surface area contributed by atoms with E-state index in [1.807, 2.05) is 7.05 Å². The van der Waals surface area contributed by atoms with E-state index in [0.717, 1.165) is 11.0 Å². The normalized spacial score (nSPS) is 12.0. The molecule has 2 N–H and O–H groups in total. The van der Waals surface area contributed by atoms with Crippen molar-refractivity contribution < 1.29 is 5.11 Å². The molecule has 0 saturated carbocycles. The number of aliphatic hydroxyl groups is 1. The summed E-state index contributed by atoms with van der Waals surface area (Å²) < 4.78 is 1.66. The quantitative estimate of drug-likeness (QED) is 0.701. The average molecular weight is 207 g/mol. The van der Waals surface area contributed by atoms with Gasteiger partial charge in [0.05, 0.1) is 11.6 Å². The molecule has 0 aliphatic carbocycles. The lowest BCUT2D eigenvalue weighted by Gasteiger charge is -2.19. The van der Waals surface area contributed by atoms with E-state index < -0.39 is 5.72 Å². The molecule has 0 radical (unpaired) electrons. The summed E-state index contributed by atoms with van der Waals surface area (Å²) >= 11 is 0. The van der Waals surface area contributed by atoms with Crippen LogP contribution in [-0.2, 0) is 7.05 Å². The fourth-order valence-corrected chi connectivity index (χ4v) is 1.35. The summed E-state index contributed by atoms with van der Waals surface area (Å²) in [4.78, 5) is 8.17. The largest absolute Gasteiger partial charge is 0.372 e. The molecular formula is C9H13N5O. The van der Waals surface area contributed by atoms with E-state index in [4.69, 9.17) is 0 Å². The van der Waals surface area contributed by atoms with Crippen LogP contribution in [0.25, 0.3) is 11.0 Å². The van der Waals surface area contributed by atoms with Gasteiger partial charge in [-0.15, -0.1) is 0 Å². The lowest BCUT2D eigenvalue weighted by Crippen LogP contribution is -2.30. The molecule has 0 bridgehead atoms. The van der Waals surface area contributed by atoms with Crippen molar-refractivity contribution in [3.8, 4) is 0 Å². The first-order valence-electron chi connectivity index (χ1n) is 4.60. The van der Waals surface area contributed by atoms with Crippen molar-refractivity contribution in [1.82, 2.24) is 19.7 Å². The summed E-state index contributed by atoms with van der Waals surface area (Å²) in [5.74, 6) is 0.584. The molecule has 0 atom stereocenters. The number of nitrogens with zero attached hydrogens (tertiary/aromatic N) is 4. The average Bonchev–Trinajstić information content (AvgIpc) is 2.47. The van der Waals surface area contributed by atoms with Crippen LogP contribution in [0.1, 0.15) is 13.8 Å². The number of hydrogen-bond acceptors (Lipinski definition) is 5. The van der Waals surface area contributed by atoms with Crippen LogP contribution in [0.3, 0.4) is 0 Å². The molecule has 0 saturated heterocycles. The maximum Gasteiger partial charge on any atom is 0.163 e. The molecule has 0 aromatic carbocycles. The van der Waals surface area contributed by atoms with Crippen molar-refractivity contribution in [1.29, 1.82) is 0 Å². The molecule has 0 fully saturated rings. The molecule has 2 aromatic rings. The summed E-state index contributed by atoms with van der Waals surface area (Å²) in [5.41, 5.74) is -0.284. The van der Waals surface area contributed by atoms with Crippen LogP contribution in [0.2, 0.25) is 0 Å². The standard InChI is InChI=1S/C9H13N5O/c1-9(2,15)13-7-6-4-12-14(3)8(6)11-5-10-7/h4-5,15H,1-3H3,(H,10,11,13). The highest BCUT2D eigenvalue weighted by molar-refractivity contribution is 5.86. The predicted molar refractivity (Wildman–Crippen MR) is 56.2 cm³/mol. The van der Waals surface area contributed by atoms with E-state index in [2.05, 4.69) is 20.4 Å². The van der Waals surface area contributed by atoms with Gasteiger partial charge in [-0.05, 0) is 13.8 Å². The molecule has 15 heavy (non-hydrogen) atoms. The topological polar surface area (TPSA) is 75.9 Å². The lowest BCUT2D eigenvalue weighted by atomic mass is 10.3. The van der Waals surface area contributed by atoms with Crippen molar-refractivity contribution in [2.24, 2.45) is 7.05 Å². The number of fused-ring (bicyclic) bond motifs is 1. The van der Waals surface area contributed by atoms with E-state index in [1.165, 1.54) is 6.33 Å². The van der Waals surface area contributed by atoms with Gasteiger partial charge in [0.1, 0.15) is 17.9 Å². The summed E-state index contributed by atoms with van der Waals surface area (Å²) in [6.45, 7) is 3.30. The maximum atomic E-state index is 9.64. The SMILES string of the molecule is Cn1ncc2c(NC(C)(C)O)ncnc21. The van der Waals surface area contributed by atoms with Gasteiger partial charge in [0.25, 0.3) is 0 Å². The van der Waals surface area contributed by atoms with Crippen LogP contribution < -0.4 is 5.32 Å². The summed E-state index contributed by atoms with van der Waals surface area (Å²) in [6, 6.07) is 0. The number of aryl methyl sites for hydroxylation is 1. The minimum Gasteiger partial charge on any atom is -0.372 e. The highest BCUT2D eigenvalue weighted by atomic mass is 16.3. The molecule has 6 heteroatoms. The van der Waals surface area contributed by atoms with Gasteiger partial charge < -0.3 is 10.4 Å². The van der Waals surface area contributed by atoms with E-state index in [0.29, 0.717) is 5.82 Å². The zero-order valence-corrected chi connectivity index (χ0v) is 8.89.